The van der Waals surface area contributed by atoms with Crippen molar-refractivity contribution in [2.45, 2.75) is 32.4 Å². The van der Waals surface area contributed by atoms with Crippen LogP contribution in [0, 0.1) is 0 Å². The second kappa shape index (κ2) is 7.75. The third-order valence-electron chi connectivity index (χ3n) is 2.96. The van der Waals surface area contributed by atoms with E-state index in [9.17, 15) is 4.79 Å². The minimum absolute atomic E-state index is 0. The molecule has 2 unspecified atom stereocenters. The third-order valence-corrected chi connectivity index (χ3v) is 2.96. The summed E-state index contributed by atoms with van der Waals surface area (Å²) in [6.45, 7) is 3.76. The fraction of sp³-hybridized carbons (Fsp3) is 0.357. The van der Waals surface area contributed by atoms with Crippen LogP contribution in [0.5, 0.6) is 0 Å². The van der Waals surface area contributed by atoms with Crippen LogP contribution in [0.1, 0.15) is 31.9 Å². The van der Waals surface area contributed by atoms with Crippen LogP contribution in [-0.2, 0) is 4.79 Å². The number of aromatic nitrogens is 3. The molecule has 0 aliphatic rings. The molecule has 0 radical (unpaired) electrons. The number of carbonyl (C=O) groups is 1. The number of rotatable bonds is 5. The summed E-state index contributed by atoms with van der Waals surface area (Å²) < 4.78 is 1.68. The molecule has 3 N–H and O–H groups in total. The molecule has 1 heterocycles. The maximum absolute atomic E-state index is 11.7. The standard InChI is InChI=1S/C14H19N5O.ClH/c1-10(15)7-14(20)18-11(2)12-3-5-13(6-4-12)19-9-16-8-17-19;/h3-6,8-11H,7,15H2,1-2H3,(H,18,20);1H. The van der Waals surface area contributed by atoms with Gasteiger partial charge in [0.1, 0.15) is 12.7 Å². The van der Waals surface area contributed by atoms with E-state index in [4.69, 9.17) is 5.73 Å². The van der Waals surface area contributed by atoms with Crippen molar-refractivity contribution in [1.29, 1.82) is 0 Å². The van der Waals surface area contributed by atoms with Gasteiger partial charge in [-0.1, -0.05) is 12.1 Å². The average Bonchev–Trinajstić information content (AvgIpc) is 2.91. The molecule has 0 aliphatic heterocycles. The van der Waals surface area contributed by atoms with Gasteiger partial charge in [-0.25, -0.2) is 9.67 Å². The number of benzene rings is 1. The Morgan fingerprint density at radius 1 is 1.33 bits per heavy atom. The molecule has 0 saturated carbocycles. The van der Waals surface area contributed by atoms with Crippen molar-refractivity contribution >= 4 is 18.3 Å². The van der Waals surface area contributed by atoms with Gasteiger partial charge in [-0.05, 0) is 31.5 Å². The summed E-state index contributed by atoms with van der Waals surface area (Å²) in [4.78, 5) is 15.6. The first-order valence-electron chi connectivity index (χ1n) is 6.56. The van der Waals surface area contributed by atoms with Crippen molar-refractivity contribution in [2.75, 3.05) is 0 Å². The molecule has 2 aromatic rings. The molecule has 2 atom stereocenters. The van der Waals surface area contributed by atoms with Crippen LogP contribution in [0.15, 0.2) is 36.9 Å². The highest BCUT2D eigenvalue weighted by atomic mass is 35.5. The summed E-state index contributed by atoms with van der Waals surface area (Å²) in [6.07, 6.45) is 3.47. The first-order valence-corrected chi connectivity index (χ1v) is 6.56. The molecular formula is C14H20ClN5O. The van der Waals surface area contributed by atoms with Crippen LogP contribution in [0.25, 0.3) is 5.69 Å². The van der Waals surface area contributed by atoms with Crippen molar-refractivity contribution in [3.05, 3.63) is 42.5 Å². The SMILES string of the molecule is CC(N)CC(=O)NC(C)c1ccc(-n2cncn2)cc1.Cl. The molecule has 2 rings (SSSR count). The number of amides is 1. The van der Waals surface area contributed by atoms with Gasteiger partial charge in [0.2, 0.25) is 5.91 Å². The highest BCUT2D eigenvalue weighted by Crippen LogP contribution is 2.15. The molecular weight excluding hydrogens is 290 g/mol. The highest BCUT2D eigenvalue weighted by molar-refractivity contribution is 5.85. The molecule has 21 heavy (non-hydrogen) atoms. The molecule has 1 amide bonds. The minimum Gasteiger partial charge on any atom is -0.350 e. The van der Waals surface area contributed by atoms with Crippen LogP contribution in [0.3, 0.4) is 0 Å². The van der Waals surface area contributed by atoms with Crippen molar-refractivity contribution in [2.24, 2.45) is 5.73 Å². The van der Waals surface area contributed by atoms with Crippen LogP contribution in [0.2, 0.25) is 0 Å². The molecule has 0 aliphatic carbocycles. The maximum Gasteiger partial charge on any atom is 0.222 e. The van der Waals surface area contributed by atoms with Crippen molar-refractivity contribution in [3.8, 4) is 5.69 Å². The molecule has 7 heteroatoms. The van der Waals surface area contributed by atoms with Crippen LogP contribution >= 0.6 is 12.4 Å². The Balaban J connectivity index is 0.00000220. The molecule has 0 fully saturated rings. The molecule has 1 aromatic heterocycles. The zero-order valence-electron chi connectivity index (χ0n) is 12.1. The number of carbonyl (C=O) groups excluding carboxylic acids is 1. The van der Waals surface area contributed by atoms with E-state index in [1.54, 1.807) is 11.0 Å². The van der Waals surface area contributed by atoms with E-state index in [-0.39, 0.29) is 30.4 Å². The maximum atomic E-state index is 11.7. The first-order chi connectivity index (χ1) is 9.56. The van der Waals surface area contributed by atoms with E-state index >= 15 is 0 Å². The summed E-state index contributed by atoms with van der Waals surface area (Å²) in [7, 11) is 0. The van der Waals surface area contributed by atoms with E-state index in [2.05, 4.69) is 15.4 Å². The largest absolute Gasteiger partial charge is 0.350 e. The third kappa shape index (κ3) is 4.84. The van der Waals surface area contributed by atoms with E-state index in [1.807, 2.05) is 38.1 Å². The Hall–Kier alpha value is -1.92. The summed E-state index contributed by atoms with van der Waals surface area (Å²) >= 11 is 0. The lowest BCUT2D eigenvalue weighted by molar-refractivity contribution is -0.122. The average molecular weight is 310 g/mol. The number of halogens is 1. The van der Waals surface area contributed by atoms with Gasteiger partial charge in [0.05, 0.1) is 11.7 Å². The number of nitrogens with two attached hydrogens (primary N) is 1. The predicted molar refractivity (Wildman–Crippen MR) is 83.4 cm³/mol. The van der Waals surface area contributed by atoms with Crippen molar-refractivity contribution in [3.63, 3.8) is 0 Å². The second-order valence-electron chi connectivity index (χ2n) is 4.90. The zero-order chi connectivity index (χ0) is 14.5. The van der Waals surface area contributed by atoms with Gasteiger partial charge in [0, 0.05) is 12.5 Å². The topological polar surface area (TPSA) is 85.8 Å². The lowest BCUT2D eigenvalue weighted by Gasteiger charge is -2.15. The highest BCUT2D eigenvalue weighted by Gasteiger charge is 2.11. The second-order valence-corrected chi connectivity index (χ2v) is 4.90. The van der Waals surface area contributed by atoms with Crippen LogP contribution in [0.4, 0.5) is 0 Å². The first kappa shape index (κ1) is 17.1. The van der Waals surface area contributed by atoms with E-state index < -0.39 is 0 Å². The number of nitrogens with one attached hydrogen (secondary N) is 1. The van der Waals surface area contributed by atoms with Gasteiger partial charge in [0.15, 0.2) is 0 Å². The van der Waals surface area contributed by atoms with Crippen molar-refractivity contribution < 1.29 is 4.79 Å². The Morgan fingerprint density at radius 3 is 2.52 bits per heavy atom. The van der Waals surface area contributed by atoms with Crippen LogP contribution < -0.4 is 11.1 Å². The summed E-state index contributed by atoms with van der Waals surface area (Å²) in [5, 5.41) is 6.99. The van der Waals surface area contributed by atoms with Crippen LogP contribution in [-0.4, -0.2) is 26.7 Å². The monoisotopic (exact) mass is 309 g/mol. The Kier molecular flexibility index (Phi) is 6.33. The van der Waals surface area contributed by atoms with E-state index in [0.717, 1.165) is 11.3 Å². The summed E-state index contributed by atoms with van der Waals surface area (Å²) in [5.41, 5.74) is 7.57. The Labute approximate surface area is 130 Å². The molecule has 0 saturated heterocycles. The Bertz CT molecular complexity index is 553. The molecule has 6 nitrogen and oxygen atoms in total. The predicted octanol–water partition coefficient (Wildman–Crippen LogP) is 1.60. The van der Waals surface area contributed by atoms with Gasteiger partial charge in [0.25, 0.3) is 0 Å². The lowest BCUT2D eigenvalue weighted by Crippen LogP contribution is -2.31. The summed E-state index contributed by atoms with van der Waals surface area (Å²) in [5.74, 6) is -0.0344. The molecule has 0 spiro atoms. The van der Waals surface area contributed by atoms with Gasteiger partial charge in [-0.3, -0.25) is 4.79 Å². The summed E-state index contributed by atoms with van der Waals surface area (Å²) in [6, 6.07) is 7.64. The number of hydrogen-bond acceptors (Lipinski definition) is 4. The van der Waals surface area contributed by atoms with E-state index in [1.165, 1.54) is 6.33 Å². The van der Waals surface area contributed by atoms with E-state index in [0.29, 0.717) is 6.42 Å². The van der Waals surface area contributed by atoms with Gasteiger partial charge < -0.3 is 11.1 Å². The minimum atomic E-state index is -0.128. The molecule has 114 valence electrons. The van der Waals surface area contributed by atoms with Gasteiger partial charge in [-0.2, -0.15) is 5.10 Å². The van der Waals surface area contributed by atoms with Gasteiger partial charge in [-0.15, -0.1) is 12.4 Å². The lowest BCUT2D eigenvalue weighted by atomic mass is 10.1. The normalized spacial score (nSPS) is 13.1. The fourth-order valence-corrected chi connectivity index (χ4v) is 1.93. The quantitative estimate of drug-likeness (QED) is 0.878. The molecule has 1 aromatic carbocycles. The van der Waals surface area contributed by atoms with Crippen molar-refractivity contribution in [1.82, 2.24) is 20.1 Å². The molecule has 0 bridgehead atoms. The Morgan fingerprint density at radius 2 is 2.00 bits per heavy atom. The zero-order valence-corrected chi connectivity index (χ0v) is 12.9. The number of nitrogens with zero attached hydrogens (tertiary/aromatic N) is 3. The van der Waals surface area contributed by atoms with Gasteiger partial charge >= 0.3 is 0 Å². The fourth-order valence-electron chi connectivity index (χ4n) is 1.93. The number of hydrogen-bond donors (Lipinski definition) is 2. The smallest absolute Gasteiger partial charge is 0.222 e.